The van der Waals surface area contributed by atoms with Gasteiger partial charge in [-0.1, -0.05) is 18.2 Å². The van der Waals surface area contributed by atoms with Gasteiger partial charge in [0.1, 0.15) is 5.75 Å². The molecule has 144 valence electrons. The van der Waals surface area contributed by atoms with E-state index >= 15 is 0 Å². The van der Waals surface area contributed by atoms with Crippen molar-refractivity contribution in [3.8, 4) is 5.75 Å². The number of furan rings is 1. The summed E-state index contributed by atoms with van der Waals surface area (Å²) in [6.45, 7) is 1.74. The summed E-state index contributed by atoms with van der Waals surface area (Å²) in [6, 6.07) is 13.1. The molecule has 2 heterocycles. The highest BCUT2D eigenvalue weighted by Crippen LogP contribution is 2.18. The molecule has 1 aliphatic rings. The molecule has 1 saturated heterocycles. The average Bonchev–Trinajstić information content (AvgIpc) is 3.12. The van der Waals surface area contributed by atoms with Crippen molar-refractivity contribution < 1.29 is 18.7 Å². The minimum atomic E-state index is -0.108. The van der Waals surface area contributed by atoms with Gasteiger partial charge < -0.3 is 19.4 Å². The van der Waals surface area contributed by atoms with Crippen LogP contribution in [0.2, 0.25) is 0 Å². The third-order valence-electron chi connectivity index (χ3n) is 4.49. The van der Waals surface area contributed by atoms with Gasteiger partial charge in [0.2, 0.25) is 5.91 Å². The number of piperidine rings is 1. The van der Waals surface area contributed by atoms with Crippen LogP contribution in [0.3, 0.4) is 0 Å². The zero-order valence-electron chi connectivity index (χ0n) is 15.0. The number of benzene rings is 1. The van der Waals surface area contributed by atoms with Gasteiger partial charge in [0.05, 0.1) is 6.61 Å². The largest absolute Gasteiger partial charge is 0.494 e. The van der Waals surface area contributed by atoms with Crippen molar-refractivity contribution in [3.05, 3.63) is 52.9 Å². The monoisotopic (exact) mass is 434 g/mol. The first-order chi connectivity index (χ1) is 13.1. The molecule has 3 rings (SSSR count). The lowest BCUT2D eigenvalue weighted by Crippen LogP contribution is -2.46. The summed E-state index contributed by atoms with van der Waals surface area (Å²) >= 11 is 3.21. The number of halogens is 1. The van der Waals surface area contributed by atoms with Crippen LogP contribution < -0.4 is 10.1 Å². The molecule has 1 aromatic heterocycles. The van der Waals surface area contributed by atoms with E-state index in [1.54, 1.807) is 17.0 Å². The molecular weight excluding hydrogens is 412 g/mol. The Hall–Kier alpha value is -2.28. The van der Waals surface area contributed by atoms with Crippen molar-refractivity contribution in [3.63, 3.8) is 0 Å². The van der Waals surface area contributed by atoms with Gasteiger partial charge in [0.25, 0.3) is 5.91 Å². The molecule has 0 saturated carbocycles. The molecule has 2 aromatic rings. The fourth-order valence-corrected chi connectivity index (χ4v) is 3.36. The molecule has 6 nitrogen and oxygen atoms in total. The smallest absolute Gasteiger partial charge is 0.289 e. The number of rotatable bonds is 7. The first-order valence-electron chi connectivity index (χ1n) is 9.13. The molecule has 0 bridgehead atoms. The number of hydrogen-bond acceptors (Lipinski definition) is 4. The SMILES string of the molecule is O=C(CCCOc1ccccc1)NC1CCN(C(=O)c2ccc(Br)o2)CC1. The van der Waals surface area contributed by atoms with Crippen molar-refractivity contribution in [2.45, 2.75) is 31.7 Å². The van der Waals surface area contributed by atoms with Crippen LogP contribution in [0, 0.1) is 0 Å². The maximum atomic E-state index is 12.3. The van der Waals surface area contributed by atoms with Crippen molar-refractivity contribution in [1.82, 2.24) is 10.2 Å². The first-order valence-corrected chi connectivity index (χ1v) is 9.93. The van der Waals surface area contributed by atoms with E-state index in [1.165, 1.54) is 0 Å². The lowest BCUT2D eigenvalue weighted by Gasteiger charge is -2.31. The Bertz CT molecular complexity index is 754. The number of likely N-dealkylation sites (tertiary alicyclic amines) is 1. The Morgan fingerprint density at radius 3 is 2.56 bits per heavy atom. The molecular formula is C20H23BrN2O4. The number of carbonyl (C=O) groups excluding carboxylic acids is 2. The van der Waals surface area contributed by atoms with Crippen molar-refractivity contribution >= 4 is 27.7 Å². The standard InChI is InChI=1S/C20H23BrN2O4/c21-18-9-8-17(27-18)20(25)23-12-10-15(11-13-23)22-19(24)7-4-14-26-16-5-2-1-3-6-16/h1-3,5-6,8-9,15H,4,7,10-14H2,(H,22,24). The van der Waals surface area contributed by atoms with Gasteiger partial charge in [-0.15, -0.1) is 0 Å². The third kappa shape index (κ3) is 5.85. The number of hydrogen-bond donors (Lipinski definition) is 1. The summed E-state index contributed by atoms with van der Waals surface area (Å²) in [4.78, 5) is 26.2. The van der Waals surface area contributed by atoms with Crippen LogP contribution in [0.5, 0.6) is 5.75 Å². The molecule has 0 unspecified atom stereocenters. The average molecular weight is 435 g/mol. The van der Waals surface area contributed by atoms with Crippen LogP contribution in [0.25, 0.3) is 0 Å². The molecule has 7 heteroatoms. The molecule has 2 amide bonds. The van der Waals surface area contributed by atoms with Crippen LogP contribution in [-0.2, 0) is 4.79 Å². The highest BCUT2D eigenvalue weighted by atomic mass is 79.9. The molecule has 1 N–H and O–H groups in total. The highest BCUT2D eigenvalue weighted by molar-refractivity contribution is 9.10. The summed E-state index contributed by atoms with van der Waals surface area (Å²) in [6.07, 6.45) is 2.61. The molecule has 0 radical (unpaired) electrons. The van der Waals surface area contributed by atoms with Gasteiger partial charge in [-0.3, -0.25) is 9.59 Å². The highest BCUT2D eigenvalue weighted by Gasteiger charge is 2.26. The minimum Gasteiger partial charge on any atom is -0.494 e. The Labute approximate surface area is 167 Å². The zero-order chi connectivity index (χ0) is 19.1. The lowest BCUT2D eigenvalue weighted by molar-refractivity contribution is -0.122. The fraction of sp³-hybridized carbons (Fsp3) is 0.400. The van der Waals surface area contributed by atoms with E-state index < -0.39 is 0 Å². The number of ether oxygens (including phenoxy) is 1. The Morgan fingerprint density at radius 1 is 1.15 bits per heavy atom. The molecule has 1 aromatic carbocycles. The summed E-state index contributed by atoms with van der Waals surface area (Å²) < 4.78 is 11.5. The van der Waals surface area contributed by atoms with E-state index in [1.807, 2.05) is 30.3 Å². The second kappa shape index (κ2) is 9.60. The Morgan fingerprint density at radius 2 is 1.89 bits per heavy atom. The number of amides is 2. The quantitative estimate of drug-likeness (QED) is 0.675. The van der Waals surface area contributed by atoms with Crippen LogP contribution in [0.4, 0.5) is 0 Å². The van der Waals surface area contributed by atoms with E-state index in [0.717, 1.165) is 18.6 Å². The van der Waals surface area contributed by atoms with E-state index in [2.05, 4.69) is 21.2 Å². The summed E-state index contributed by atoms with van der Waals surface area (Å²) in [5.41, 5.74) is 0. The van der Waals surface area contributed by atoms with E-state index in [0.29, 0.717) is 43.0 Å². The normalized spacial score (nSPS) is 14.8. The van der Waals surface area contributed by atoms with Crippen LogP contribution in [0.1, 0.15) is 36.2 Å². The molecule has 0 atom stereocenters. The summed E-state index contributed by atoms with van der Waals surface area (Å²) in [7, 11) is 0. The topological polar surface area (TPSA) is 71.8 Å². The molecule has 1 fully saturated rings. The van der Waals surface area contributed by atoms with Gasteiger partial charge >= 0.3 is 0 Å². The van der Waals surface area contributed by atoms with Gasteiger partial charge in [-0.2, -0.15) is 0 Å². The number of carbonyl (C=O) groups is 2. The molecule has 1 aliphatic heterocycles. The van der Waals surface area contributed by atoms with Gasteiger partial charge in [0, 0.05) is 25.6 Å². The molecule has 0 spiro atoms. The van der Waals surface area contributed by atoms with Crippen molar-refractivity contribution in [2.24, 2.45) is 0 Å². The minimum absolute atomic E-state index is 0.0337. The summed E-state index contributed by atoms with van der Waals surface area (Å²) in [5, 5.41) is 3.06. The van der Waals surface area contributed by atoms with Gasteiger partial charge in [-0.25, -0.2) is 0 Å². The van der Waals surface area contributed by atoms with E-state index in [-0.39, 0.29) is 17.9 Å². The fourth-order valence-electron chi connectivity index (χ4n) is 3.05. The van der Waals surface area contributed by atoms with Crippen LogP contribution >= 0.6 is 15.9 Å². The second-order valence-corrected chi connectivity index (χ2v) is 7.28. The third-order valence-corrected chi connectivity index (χ3v) is 4.92. The van der Waals surface area contributed by atoms with E-state index in [4.69, 9.17) is 9.15 Å². The Balaban J connectivity index is 1.32. The summed E-state index contributed by atoms with van der Waals surface area (Å²) in [5.74, 6) is 1.08. The maximum Gasteiger partial charge on any atom is 0.289 e. The van der Waals surface area contributed by atoms with Gasteiger partial charge in [-0.05, 0) is 59.5 Å². The number of para-hydroxylation sites is 1. The van der Waals surface area contributed by atoms with Crippen molar-refractivity contribution in [1.29, 1.82) is 0 Å². The maximum absolute atomic E-state index is 12.3. The van der Waals surface area contributed by atoms with E-state index in [9.17, 15) is 9.59 Å². The van der Waals surface area contributed by atoms with Crippen molar-refractivity contribution in [2.75, 3.05) is 19.7 Å². The first kappa shape index (κ1) is 19.5. The van der Waals surface area contributed by atoms with Crippen LogP contribution in [0.15, 0.2) is 51.6 Å². The second-order valence-electron chi connectivity index (χ2n) is 6.50. The van der Waals surface area contributed by atoms with Gasteiger partial charge in [0.15, 0.2) is 10.4 Å². The Kier molecular flexibility index (Phi) is 6.92. The predicted octanol–water partition coefficient (Wildman–Crippen LogP) is 3.62. The molecule has 0 aliphatic carbocycles. The number of nitrogens with one attached hydrogen (secondary N) is 1. The predicted molar refractivity (Wildman–Crippen MR) is 105 cm³/mol. The van der Waals surface area contributed by atoms with Crippen LogP contribution in [-0.4, -0.2) is 42.5 Å². The number of nitrogens with zero attached hydrogens (tertiary/aromatic N) is 1. The lowest BCUT2D eigenvalue weighted by atomic mass is 10.0. The zero-order valence-corrected chi connectivity index (χ0v) is 16.6. The molecule has 27 heavy (non-hydrogen) atoms.